The highest BCUT2D eigenvalue weighted by Gasteiger charge is 2.29. The van der Waals surface area contributed by atoms with E-state index in [4.69, 9.17) is 14.7 Å². The first-order valence-electron chi connectivity index (χ1n) is 9.95. The highest BCUT2D eigenvalue weighted by atomic mass is 32.2. The Morgan fingerprint density at radius 2 is 1.82 bits per heavy atom. The third-order valence-corrected chi connectivity index (χ3v) is 6.92. The smallest absolute Gasteiger partial charge is 0.410 e. The number of fused-ring (bicyclic) bond motifs is 3. The van der Waals surface area contributed by atoms with Crippen LogP contribution in [0.5, 0.6) is 0 Å². The van der Waals surface area contributed by atoms with E-state index in [9.17, 15) is 4.79 Å². The molecule has 6 nitrogen and oxygen atoms in total. The lowest BCUT2D eigenvalue weighted by molar-refractivity contribution is 0.0240. The van der Waals surface area contributed by atoms with E-state index in [1.165, 1.54) is 28.7 Å². The van der Waals surface area contributed by atoms with E-state index in [0.717, 1.165) is 41.7 Å². The zero-order valence-electron chi connectivity index (χ0n) is 17.1. The maximum atomic E-state index is 12.4. The molecule has 0 radical (unpaired) electrons. The number of hydrogen-bond donors (Lipinski definition) is 0. The van der Waals surface area contributed by atoms with Crippen LogP contribution < -0.4 is 4.90 Å². The van der Waals surface area contributed by atoms with Gasteiger partial charge in [0.25, 0.3) is 0 Å². The minimum atomic E-state index is -0.462. The Bertz CT molecular complexity index is 882. The summed E-state index contributed by atoms with van der Waals surface area (Å²) in [5, 5.41) is 2.08. The molecule has 8 heteroatoms. The van der Waals surface area contributed by atoms with E-state index >= 15 is 0 Å². The van der Waals surface area contributed by atoms with Gasteiger partial charge in [-0.1, -0.05) is 11.8 Å². The van der Waals surface area contributed by atoms with Gasteiger partial charge in [0.1, 0.15) is 16.2 Å². The summed E-state index contributed by atoms with van der Waals surface area (Å²) in [7, 11) is 0. The molecule has 3 heterocycles. The normalized spacial score (nSPS) is 17.7. The van der Waals surface area contributed by atoms with E-state index in [-0.39, 0.29) is 6.09 Å². The van der Waals surface area contributed by atoms with E-state index in [1.54, 1.807) is 16.7 Å². The Morgan fingerprint density at radius 1 is 1.11 bits per heavy atom. The number of carbonyl (C=O) groups is 1. The van der Waals surface area contributed by atoms with Crippen molar-refractivity contribution in [2.24, 2.45) is 0 Å². The first kappa shape index (κ1) is 19.8. The average Bonchev–Trinajstić information content (AvgIpc) is 3.04. The van der Waals surface area contributed by atoms with Gasteiger partial charge in [0.2, 0.25) is 0 Å². The molecule has 0 spiro atoms. The zero-order chi connectivity index (χ0) is 19.9. The predicted octanol–water partition coefficient (Wildman–Crippen LogP) is 4.35. The second-order valence-electron chi connectivity index (χ2n) is 8.38. The minimum Gasteiger partial charge on any atom is -0.444 e. The first-order valence-corrected chi connectivity index (χ1v) is 12.0. The molecule has 152 valence electrons. The van der Waals surface area contributed by atoms with Crippen LogP contribution in [0.4, 0.5) is 10.6 Å². The number of aromatic nitrogens is 2. The fraction of sp³-hybridized carbons (Fsp3) is 0.650. The van der Waals surface area contributed by atoms with Gasteiger partial charge in [0.15, 0.2) is 5.16 Å². The van der Waals surface area contributed by atoms with Crippen molar-refractivity contribution in [2.45, 2.75) is 57.2 Å². The fourth-order valence-corrected chi connectivity index (χ4v) is 5.54. The first-order chi connectivity index (χ1) is 13.4. The maximum Gasteiger partial charge on any atom is 0.410 e. The van der Waals surface area contributed by atoms with E-state index in [0.29, 0.717) is 13.1 Å². The van der Waals surface area contributed by atoms with Crippen LogP contribution in [0.25, 0.3) is 10.2 Å². The van der Waals surface area contributed by atoms with Gasteiger partial charge in [-0.3, -0.25) is 0 Å². The lowest BCUT2D eigenvalue weighted by atomic mass is 9.97. The van der Waals surface area contributed by atoms with Crippen LogP contribution >= 0.6 is 23.1 Å². The summed E-state index contributed by atoms with van der Waals surface area (Å²) in [5.41, 5.74) is 0.999. The van der Waals surface area contributed by atoms with Gasteiger partial charge in [0, 0.05) is 31.1 Å². The molecule has 0 atom stereocenters. The SMILES string of the molecule is CSc1nc(N2CCN(C(=O)OC(C)(C)C)CC2)c2c3c(sc2n1)CCCC3. The molecule has 1 aliphatic heterocycles. The zero-order valence-corrected chi connectivity index (χ0v) is 18.7. The minimum absolute atomic E-state index is 0.224. The van der Waals surface area contributed by atoms with Crippen molar-refractivity contribution < 1.29 is 9.53 Å². The summed E-state index contributed by atoms with van der Waals surface area (Å²) < 4.78 is 5.53. The van der Waals surface area contributed by atoms with Gasteiger partial charge in [-0.2, -0.15) is 0 Å². The summed E-state index contributed by atoms with van der Waals surface area (Å²) in [6.45, 7) is 8.56. The van der Waals surface area contributed by atoms with Crippen LogP contribution in [0.1, 0.15) is 44.1 Å². The quantitative estimate of drug-likeness (QED) is 0.532. The lowest BCUT2D eigenvalue weighted by Gasteiger charge is -2.36. The highest BCUT2D eigenvalue weighted by Crippen LogP contribution is 2.40. The van der Waals surface area contributed by atoms with Crippen molar-refractivity contribution in [2.75, 3.05) is 37.3 Å². The van der Waals surface area contributed by atoms with Crippen molar-refractivity contribution in [1.29, 1.82) is 0 Å². The van der Waals surface area contributed by atoms with Gasteiger partial charge in [-0.15, -0.1) is 11.3 Å². The number of nitrogens with zero attached hydrogens (tertiary/aromatic N) is 4. The number of thiophene rings is 1. The van der Waals surface area contributed by atoms with Gasteiger partial charge in [0.05, 0.1) is 5.39 Å². The number of aryl methyl sites for hydroxylation is 2. The molecule has 2 aliphatic rings. The molecule has 0 saturated carbocycles. The number of anilines is 1. The number of ether oxygens (including phenoxy) is 1. The van der Waals surface area contributed by atoms with E-state index in [1.807, 2.05) is 38.4 Å². The molecule has 1 aliphatic carbocycles. The number of hydrogen-bond acceptors (Lipinski definition) is 7. The Hall–Kier alpha value is -1.54. The van der Waals surface area contributed by atoms with Gasteiger partial charge >= 0.3 is 6.09 Å². The van der Waals surface area contributed by atoms with Gasteiger partial charge in [-0.25, -0.2) is 14.8 Å². The number of thioether (sulfide) groups is 1. The molecule has 1 saturated heterocycles. The summed E-state index contributed by atoms with van der Waals surface area (Å²) >= 11 is 3.44. The molecule has 0 aromatic carbocycles. The Balaban J connectivity index is 1.59. The summed E-state index contributed by atoms with van der Waals surface area (Å²) in [6.07, 6.45) is 6.61. The van der Waals surface area contributed by atoms with Crippen LogP contribution in [0.3, 0.4) is 0 Å². The molecule has 0 N–H and O–H groups in total. The largest absolute Gasteiger partial charge is 0.444 e. The highest BCUT2D eigenvalue weighted by molar-refractivity contribution is 7.98. The summed E-state index contributed by atoms with van der Waals surface area (Å²) in [5.74, 6) is 1.05. The fourth-order valence-electron chi connectivity index (χ4n) is 3.87. The molecule has 2 aromatic rings. The molecule has 1 fully saturated rings. The number of carbonyl (C=O) groups excluding carboxylic acids is 1. The molecular formula is C20H28N4O2S2. The van der Waals surface area contributed by atoms with Gasteiger partial charge < -0.3 is 14.5 Å². The van der Waals surface area contributed by atoms with Gasteiger partial charge in [-0.05, 0) is 58.3 Å². The third-order valence-electron chi connectivity index (χ3n) is 5.19. The molecule has 0 unspecified atom stereocenters. The molecule has 4 rings (SSSR count). The van der Waals surface area contributed by atoms with Crippen molar-refractivity contribution in [3.63, 3.8) is 0 Å². The standard InChI is InChI=1S/C20H28N4O2S2/c1-20(2,3)26-19(25)24-11-9-23(10-12-24)16-15-13-7-5-6-8-14(13)28-17(15)22-18(21-16)27-4/h5-12H2,1-4H3. The second kappa shape index (κ2) is 7.71. The molecule has 1 amide bonds. The van der Waals surface area contributed by atoms with Crippen LogP contribution in [0.15, 0.2) is 5.16 Å². The van der Waals surface area contributed by atoms with Crippen LogP contribution in [-0.4, -0.2) is 59.0 Å². The Kier molecular flexibility index (Phi) is 5.44. The lowest BCUT2D eigenvalue weighted by Crippen LogP contribution is -2.50. The van der Waals surface area contributed by atoms with Crippen molar-refractivity contribution >= 4 is 45.2 Å². The van der Waals surface area contributed by atoms with E-state index < -0.39 is 5.60 Å². The number of piperazine rings is 1. The average molecular weight is 421 g/mol. The maximum absolute atomic E-state index is 12.4. The van der Waals surface area contributed by atoms with Crippen molar-refractivity contribution in [3.05, 3.63) is 10.4 Å². The van der Waals surface area contributed by atoms with Crippen LogP contribution in [0, 0.1) is 0 Å². The second-order valence-corrected chi connectivity index (χ2v) is 10.2. The number of rotatable bonds is 2. The Morgan fingerprint density at radius 3 is 2.50 bits per heavy atom. The monoisotopic (exact) mass is 420 g/mol. The van der Waals surface area contributed by atoms with Crippen molar-refractivity contribution in [1.82, 2.24) is 14.9 Å². The molecular weight excluding hydrogens is 392 g/mol. The summed E-state index contributed by atoms with van der Waals surface area (Å²) in [4.78, 5) is 28.8. The predicted molar refractivity (Wildman–Crippen MR) is 116 cm³/mol. The summed E-state index contributed by atoms with van der Waals surface area (Å²) in [6, 6.07) is 0. The van der Waals surface area contributed by atoms with Crippen LogP contribution in [0.2, 0.25) is 0 Å². The molecule has 28 heavy (non-hydrogen) atoms. The third kappa shape index (κ3) is 3.94. The van der Waals surface area contributed by atoms with Crippen LogP contribution in [-0.2, 0) is 17.6 Å². The molecule has 2 aromatic heterocycles. The number of amides is 1. The Labute approximate surface area is 174 Å². The molecule has 0 bridgehead atoms. The van der Waals surface area contributed by atoms with Crippen molar-refractivity contribution in [3.8, 4) is 0 Å². The topological polar surface area (TPSA) is 58.6 Å². The van der Waals surface area contributed by atoms with E-state index in [2.05, 4.69) is 4.90 Å².